The lowest BCUT2D eigenvalue weighted by molar-refractivity contribution is -0.122. The number of halogens is 1. The third-order valence-corrected chi connectivity index (χ3v) is 5.49. The van der Waals surface area contributed by atoms with Gasteiger partial charge in [-0.2, -0.15) is 0 Å². The van der Waals surface area contributed by atoms with Crippen molar-refractivity contribution in [2.45, 2.75) is 44.7 Å². The summed E-state index contributed by atoms with van der Waals surface area (Å²) in [5.74, 6) is -0.308. The van der Waals surface area contributed by atoms with E-state index in [1.807, 2.05) is 25.1 Å². The number of aromatic nitrogens is 1. The first-order valence-corrected chi connectivity index (χ1v) is 9.28. The topological polar surface area (TPSA) is 77.1 Å². The number of pyridine rings is 1. The van der Waals surface area contributed by atoms with Crippen LogP contribution in [-0.2, 0) is 11.3 Å². The molecule has 0 bridgehead atoms. The van der Waals surface area contributed by atoms with E-state index in [2.05, 4.69) is 5.32 Å². The highest BCUT2D eigenvalue weighted by molar-refractivity contribution is 6.31. The highest BCUT2D eigenvalue weighted by atomic mass is 35.5. The van der Waals surface area contributed by atoms with Crippen LogP contribution in [0.4, 0.5) is 5.69 Å². The molecule has 2 aromatic rings. The van der Waals surface area contributed by atoms with Gasteiger partial charge in [0.25, 0.3) is 5.56 Å². The van der Waals surface area contributed by atoms with Crippen LogP contribution in [-0.4, -0.2) is 16.0 Å². The summed E-state index contributed by atoms with van der Waals surface area (Å²) in [6.07, 6.45) is 5.35. The maximum atomic E-state index is 12.7. The van der Waals surface area contributed by atoms with Crippen LogP contribution in [0.15, 0.2) is 47.4 Å². The van der Waals surface area contributed by atoms with Crippen LogP contribution in [0.1, 0.15) is 38.2 Å². The number of nitrogens with one attached hydrogen (secondary N) is 1. The van der Waals surface area contributed by atoms with Crippen molar-refractivity contribution in [2.75, 3.05) is 5.32 Å². The maximum Gasteiger partial charge on any atom is 0.250 e. The number of anilines is 1. The van der Waals surface area contributed by atoms with Crippen LogP contribution < -0.4 is 16.6 Å². The van der Waals surface area contributed by atoms with Gasteiger partial charge < -0.3 is 15.6 Å². The molecule has 3 rings (SSSR count). The number of carbonyl (C=O) groups is 1. The first-order chi connectivity index (χ1) is 12.4. The van der Waals surface area contributed by atoms with Crippen molar-refractivity contribution >= 4 is 23.2 Å². The standard InChI is InChI=1S/C20H24ClN3O2/c1-20(22)11-5-4-7-16(20)19(26)23-15-9-10-18(25)24(13-15)12-14-6-2-3-8-17(14)21/h2-3,6,8-10,13,16H,4-5,7,11-12,22H2,1H3,(H,23,26). The number of amides is 1. The van der Waals surface area contributed by atoms with Crippen molar-refractivity contribution in [1.82, 2.24) is 4.57 Å². The van der Waals surface area contributed by atoms with E-state index in [1.54, 1.807) is 22.9 Å². The molecule has 5 nitrogen and oxygen atoms in total. The molecule has 1 saturated carbocycles. The Morgan fingerprint density at radius 2 is 2.08 bits per heavy atom. The van der Waals surface area contributed by atoms with E-state index in [9.17, 15) is 9.59 Å². The first kappa shape index (κ1) is 18.7. The molecule has 2 unspecified atom stereocenters. The predicted octanol–water partition coefficient (Wildman–Crippen LogP) is 3.40. The van der Waals surface area contributed by atoms with E-state index in [4.69, 9.17) is 17.3 Å². The fourth-order valence-electron chi connectivity index (χ4n) is 3.56. The van der Waals surface area contributed by atoms with Crippen LogP contribution >= 0.6 is 11.6 Å². The molecule has 6 heteroatoms. The number of nitrogens with zero attached hydrogens (tertiary/aromatic N) is 1. The summed E-state index contributed by atoms with van der Waals surface area (Å²) in [5, 5.41) is 3.53. The Hall–Kier alpha value is -2.11. The van der Waals surface area contributed by atoms with Gasteiger partial charge in [-0.25, -0.2) is 0 Å². The highest BCUT2D eigenvalue weighted by Crippen LogP contribution is 2.32. The highest BCUT2D eigenvalue weighted by Gasteiger charge is 2.37. The molecule has 2 atom stereocenters. The summed E-state index contributed by atoms with van der Waals surface area (Å²) >= 11 is 6.18. The van der Waals surface area contributed by atoms with E-state index in [0.717, 1.165) is 31.2 Å². The Bertz CT molecular complexity index is 860. The molecule has 1 amide bonds. The summed E-state index contributed by atoms with van der Waals surface area (Å²) < 4.78 is 1.54. The lowest BCUT2D eigenvalue weighted by Crippen LogP contribution is -2.51. The number of carbonyl (C=O) groups excluding carboxylic acids is 1. The molecular weight excluding hydrogens is 350 g/mol. The number of hydrogen-bond acceptors (Lipinski definition) is 3. The quantitative estimate of drug-likeness (QED) is 0.862. The Kier molecular flexibility index (Phi) is 5.49. The molecule has 1 aliphatic rings. The minimum absolute atomic E-state index is 0.0855. The lowest BCUT2D eigenvalue weighted by Gasteiger charge is -2.37. The van der Waals surface area contributed by atoms with Crippen LogP contribution in [0.5, 0.6) is 0 Å². The zero-order valence-corrected chi connectivity index (χ0v) is 15.6. The number of hydrogen-bond donors (Lipinski definition) is 2. The van der Waals surface area contributed by atoms with Gasteiger partial charge in [-0.15, -0.1) is 0 Å². The fourth-order valence-corrected chi connectivity index (χ4v) is 3.75. The monoisotopic (exact) mass is 373 g/mol. The Labute approximate surface area is 158 Å². The Morgan fingerprint density at radius 3 is 2.81 bits per heavy atom. The second kappa shape index (κ2) is 7.64. The minimum Gasteiger partial charge on any atom is -0.325 e. The van der Waals surface area contributed by atoms with Gasteiger partial charge >= 0.3 is 0 Å². The first-order valence-electron chi connectivity index (χ1n) is 8.90. The molecule has 1 fully saturated rings. The molecule has 1 aromatic carbocycles. The van der Waals surface area contributed by atoms with E-state index >= 15 is 0 Å². The zero-order chi connectivity index (χ0) is 18.7. The third-order valence-electron chi connectivity index (χ3n) is 5.12. The molecule has 1 aliphatic carbocycles. The van der Waals surface area contributed by atoms with Gasteiger partial charge in [-0.05, 0) is 37.5 Å². The van der Waals surface area contributed by atoms with Gasteiger partial charge in [-0.3, -0.25) is 9.59 Å². The van der Waals surface area contributed by atoms with Crippen molar-refractivity contribution in [3.05, 3.63) is 63.5 Å². The molecule has 26 heavy (non-hydrogen) atoms. The fraction of sp³-hybridized carbons (Fsp3) is 0.400. The zero-order valence-electron chi connectivity index (χ0n) is 14.9. The summed E-state index contributed by atoms with van der Waals surface area (Å²) in [6.45, 7) is 2.29. The van der Waals surface area contributed by atoms with Crippen LogP contribution in [0.2, 0.25) is 5.02 Å². The minimum atomic E-state index is -0.492. The van der Waals surface area contributed by atoms with Crippen molar-refractivity contribution in [1.29, 1.82) is 0 Å². The lowest BCUT2D eigenvalue weighted by atomic mass is 9.74. The van der Waals surface area contributed by atoms with Gasteiger partial charge in [-0.1, -0.05) is 42.6 Å². The molecular formula is C20H24ClN3O2. The SMILES string of the molecule is CC1(N)CCCCC1C(=O)Nc1ccc(=O)n(Cc2ccccc2Cl)c1. The van der Waals surface area contributed by atoms with E-state index in [0.29, 0.717) is 17.3 Å². The Morgan fingerprint density at radius 1 is 1.31 bits per heavy atom. The number of benzene rings is 1. The van der Waals surface area contributed by atoms with Crippen molar-refractivity contribution in [3.8, 4) is 0 Å². The van der Waals surface area contributed by atoms with Crippen LogP contribution in [0.25, 0.3) is 0 Å². The smallest absolute Gasteiger partial charge is 0.250 e. The van der Waals surface area contributed by atoms with Crippen molar-refractivity contribution < 1.29 is 4.79 Å². The molecule has 138 valence electrons. The number of rotatable bonds is 4. The second-order valence-corrected chi connectivity index (χ2v) is 7.68. The molecule has 1 aromatic heterocycles. The van der Waals surface area contributed by atoms with Gasteiger partial charge in [0.05, 0.1) is 18.2 Å². The molecule has 0 aliphatic heterocycles. The molecule has 3 N–H and O–H groups in total. The molecule has 0 saturated heterocycles. The van der Waals surface area contributed by atoms with Gasteiger partial charge in [0.15, 0.2) is 0 Å². The van der Waals surface area contributed by atoms with Crippen molar-refractivity contribution in [2.24, 2.45) is 11.7 Å². The molecule has 0 spiro atoms. The summed E-state index contributed by atoms with van der Waals surface area (Å²) in [7, 11) is 0. The Balaban J connectivity index is 1.78. The maximum absolute atomic E-state index is 12.7. The van der Waals surface area contributed by atoms with Crippen molar-refractivity contribution in [3.63, 3.8) is 0 Å². The van der Waals surface area contributed by atoms with Gasteiger partial charge in [0.1, 0.15) is 0 Å². The summed E-state index contributed by atoms with van der Waals surface area (Å²) in [6, 6.07) is 10.5. The van der Waals surface area contributed by atoms with Crippen LogP contribution in [0.3, 0.4) is 0 Å². The van der Waals surface area contributed by atoms with Gasteiger partial charge in [0.2, 0.25) is 5.91 Å². The van der Waals surface area contributed by atoms with Gasteiger partial charge in [0, 0.05) is 22.8 Å². The summed E-state index contributed by atoms with van der Waals surface area (Å²) in [5.41, 5.74) is 7.11. The number of nitrogens with two attached hydrogens (primary N) is 1. The van der Waals surface area contributed by atoms with E-state index in [-0.39, 0.29) is 17.4 Å². The van der Waals surface area contributed by atoms with Crippen LogP contribution in [0, 0.1) is 5.92 Å². The predicted molar refractivity (Wildman–Crippen MR) is 104 cm³/mol. The van der Waals surface area contributed by atoms with E-state index in [1.165, 1.54) is 6.07 Å². The normalized spacial score (nSPS) is 22.8. The van der Waals surface area contributed by atoms with E-state index < -0.39 is 5.54 Å². The third kappa shape index (κ3) is 4.17. The second-order valence-electron chi connectivity index (χ2n) is 7.27. The summed E-state index contributed by atoms with van der Waals surface area (Å²) in [4.78, 5) is 24.9. The molecule has 1 heterocycles. The average Bonchev–Trinajstić information content (AvgIpc) is 2.59. The largest absolute Gasteiger partial charge is 0.325 e. The molecule has 0 radical (unpaired) electrons. The average molecular weight is 374 g/mol.